The first-order valence-corrected chi connectivity index (χ1v) is 7.63. The molecule has 3 nitrogen and oxygen atoms in total. The van der Waals surface area contributed by atoms with Gasteiger partial charge in [-0.25, -0.2) is 0 Å². The van der Waals surface area contributed by atoms with Gasteiger partial charge in [0, 0.05) is 5.56 Å². The molecule has 0 atom stereocenters. The van der Waals surface area contributed by atoms with Crippen molar-refractivity contribution >= 4 is 35.5 Å². The normalized spacial score (nSPS) is 11.0. The maximum Gasteiger partial charge on any atom is 0.154 e. The van der Waals surface area contributed by atoms with Crippen LogP contribution < -0.4 is 0 Å². The average Bonchev–Trinajstić information content (AvgIpc) is 2.61. The van der Waals surface area contributed by atoms with Gasteiger partial charge < -0.3 is 5.11 Å². The number of aldehydes is 1. The van der Waals surface area contributed by atoms with E-state index in [-0.39, 0.29) is 5.75 Å². The summed E-state index contributed by atoms with van der Waals surface area (Å²) in [5.41, 5.74) is 4.20. The molecule has 0 spiro atoms. The number of nitrogens with zero attached hydrogens (tertiary/aromatic N) is 1. The van der Waals surface area contributed by atoms with Crippen LogP contribution in [0.25, 0.3) is 28.0 Å². The highest BCUT2D eigenvalue weighted by Gasteiger charge is 2.10. The molecule has 0 aliphatic rings. The van der Waals surface area contributed by atoms with Gasteiger partial charge >= 0.3 is 0 Å². The monoisotopic (exact) mass is 315 g/mol. The molecule has 0 bridgehead atoms. The Morgan fingerprint density at radius 2 is 1.92 bits per heavy atom. The van der Waals surface area contributed by atoms with Gasteiger partial charge in [-0.1, -0.05) is 42.5 Å². The fourth-order valence-corrected chi connectivity index (χ4v) is 2.92. The van der Waals surface area contributed by atoms with Crippen molar-refractivity contribution in [3.05, 3.63) is 65.7 Å². The maximum atomic E-state index is 11.2. The number of aromatic hydroxyl groups is 1. The van der Waals surface area contributed by atoms with Gasteiger partial charge in [0.05, 0.1) is 11.3 Å². The van der Waals surface area contributed by atoms with E-state index in [1.54, 1.807) is 6.07 Å². The molecule has 0 unspecified atom stereocenters. The van der Waals surface area contributed by atoms with Gasteiger partial charge in [0.1, 0.15) is 5.75 Å². The van der Waals surface area contributed by atoms with Crippen molar-refractivity contribution in [2.75, 3.05) is 0 Å². The van der Waals surface area contributed by atoms with E-state index in [9.17, 15) is 9.90 Å². The van der Waals surface area contributed by atoms with Crippen LogP contribution in [0.5, 0.6) is 5.75 Å². The van der Waals surface area contributed by atoms with E-state index in [1.165, 1.54) is 0 Å². The number of carbonyl (C=O) groups excluding carboxylic acids is 1. The third-order valence-electron chi connectivity index (χ3n) is 4.05. The largest absolute Gasteiger partial charge is 0.507 e. The first kappa shape index (κ1) is 15.7. The molecule has 0 aromatic heterocycles. The van der Waals surface area contributed by atoms with Crippen LogP contribution >= 0.6 is 0 Å². The van der Waals surface area contributed by atoms with Crippen LogP contribution in [0, 0.1) is 0 Å². The van der Waals surface area contributed by atoms with Crippen molar-refractivity contribution in [3.8, 4) is 16.9 Å². The van der Waals surface area contributed by atoms with Gasteiger partial charge in [0.25, 0.3) is 0 Å². The number of hydrogen-bond donors (Lipinski definition) is 1. The number of benzene rings is 3. The lowest BCUT2D eigenvalue weighted by molar-refractivity contribution is 0.112. The van der Waals surface area contributed by atoms with Crippen molar-refractivity contribution in [2.24, 2.45) is 4.99 Å². The summed E-state index contributed by atoms with van der Waals surface area (Å²) in [6.45, 7) is 5.60. The Labute approximate surface area is 140 Å². The Hall–Kier alpha value is -3.20. The molecular formula is C21H17NO2. The molecule has 3 aromatic carbocycles. The number of hydrogen-bond acceptors (Lipinski definition) is 3. The van der Waals surface area contributed by atoms with Crippen LogP contribution in [-0.4, -0.2) is 18.1 Å². The summed E-state index contributed by atoms with van der Waals surface area (Å²) in [5.74, 6) is -0.00212. The third kappa shape index (κ3) is 2.61. The molecule has 1 N–H and O–H groups in total. The molecule has 3 rings (SSSR count). The Morgan fingerprint density at radius 1 is 1.08 bits per heavy atom. The van der Waals surface area contributed by atoms with Crippen molar-refractivity contribution in [1.29, 1.82) is 0 Å². The highest BCUT2D eigenvalue weighted by molar-refractivity contribution is 6.02. The Kier molecular flexibility index (Phi) is 4.25. The summed E-state index contributed by atoms with van der Waals surface area (Å²) >= 11 is 0. The van der Waals surface area contributed by atoms with E-state index in [0.29, 0.717) is 11.8 Å². The number of carbonyl (C=O) groups is 1. The second-order valence-electron chi connectivity index (χ2n) is 5.45. The molecule has 3 heteroatoms. The van der Waals surface area contributed by atoms with E-state index in [4.69, 9.17) is 0 Å². The number of phenols is 1. The Morgan fingerprint density at radius 3 is 2.62 bits per heavy atom. The average molecular weight is 315 g/mol. The zero-order valence-corrected chi connectivity index (χ0v) is 13.4. The lowest BCUT2D eigenvalue weighted by Gasteiger charge is -2.11. The first-order chi connectivity index (χ1) is 11.7. The molecular weight excluding hydrogens is 298 g/mol. The minimum Gasteiger partial charge on any atom is -0.507 e. The van der Waals surface area contributed by atoms with E-state index < -0.39 is 0 Å². The van der Waals surface area contributed by atoms with Gasteiger partial charge in [-0.3, -0.25) is 9.79 Å². The summed E-state index contributed by atoms with van der Waals surface area (Å²) in [4.78, 5) is 15.3. The number of aliphatic imine (C=N–C) groups is 1. The fraction of sp³-hybridized carbons (Fsp3) is 0.0476. The highest BCUT2D eigenvalue weighted by Crippen LogP contribution is 2.35. The van der Waals surface area contributed by atoms with Gasteiger partial charge in [-0.05, 0) is 53.7 Å². The molecule has 118 valence electrons. The minimum absolute atomic E-state index is 0.00212. The summed E-state index contributed by atoms with van der Waals surface area (Å²) in [6.07, 6.45) is 4.67. The van der Waals surface area contributed by atoms with Gasteiger partial charge in [-0.15, -0.1) is 0 Å². The number of phenolic OH excluding ortho intramolecular Hbond substituents is 1. The highest BCUT2D eigenvalue weighted by atomic mass is 16.3. The molecule has 0 radical (unpaired) electrons. The topological polar surface area (TPSA) is 49.7 Å². The molecule has 24 heavy (non-hydrogen) atoms. The summed E-state index contributed by atoms with van der Waals surface area (Å²) in [5, 5.41) is 11.5. The van der Waals surface area contributed by atoms with Crippen molar-refractivity contribution in [2.45, 2.75) is 6.92 Å². The van der Waals surface area contributed by atoms with Gasteiger partial charge in [-0.2, -0.15) is 0 Å². The molecule has 0 aliphatic carbocycles. The standard InChI is InChI=1S/C21H17NO2/c1-3-5-18-16(6-4-7-20(18)22-2)14-8-10-17-15(12-14)9-11-21(24)19(17)13-23/h3-13,24H,2H2,1H3/b5-3-. The fourth-order valence-electron chi connectivity index (χ4n) is 2.92. The molecule has 0 fully saturated rings. The van der Waals surface area contributed by atoms with Crippen LogP contribution in [-0.2, 0) is 0 Å². The number of allylic oxidation sites excluding steroid dienone is 1. The number of fused-ring (bicyclic) bond motifs is 1. The van der Waals surface area contributed by atoms with Crippen LogP contribution in [0.15, 0.2) is 59.6 Å². The van der Waals surface area contributed by atoms with E-state index in [1.807, 2.05) is 61.5 Å². The summed E-state index contributed by atoms with van der Waals surface area (Å²) in [7, 11) is 0. The minimum atomic E-state index is -0.00212. The molecule has 3 aromatic rings. The van der Waals surface area contributed by atoms with Crippen molar-refractivity contribution < 1.29 is 9.90 Å². The Balaban J connectivity index is 2.26. The predicted molar refractivity (Wildman–Crippen MR) is 100 cm³/mol. The van der Waals surface area contributed by atoms with E-state index in [2.05, 4.69) is 11.7 Å². The molecule has 0 aliphatic heterocycles. The van der Waals surface area contributed by atoms with Crippen LogP contribution in [0.2, 0.25) is 0 Å². The predicted octanol–water partition coefficient (Wildman–Crippen LogP) is 5.39. The first-order valence-electron chi connectivity index (χ1n) is 7.63. The molecule has 0 heterocycles. The second-order valence-corrected chi connectivity index (χ2v) is 5.45. The van der Waals surface area contributed by atoms with E-state index >= 15 is 0 Å². The summed E-state index contributed by atoms with van der Waals surface area (Å²) < 4.78 is 0. The third-order valence-corrected chi connectivity index (χ3v) is 4.05. The zero-order chi connectivity index (χ0) is 17.1. The van der Waals surface area contributed by atoms with Crippen LogP contribution in [0.3, 0.4) is 0 Å². The van der Waals surface area contributed by atoms with E-state index in [0.717, 1.165) is 33.2 Å². The quantitative estimate of drug-likeness (QED) is 0.518. The molecule has 0 saturated heterocycles. The summed E-state index contributed by atoms with van der Waals surface area (Å²) in [6, 6.07) is 15.1. The lowest BCUT2D eigenvalue weighted by atomic mass is 9.94. The number of rotatable bonds is 4. The second kappa shape index (κ2) is 6.50. The van der Waals surface area contributed by atoms with Gasteiger partial charge in [0.2, 0.25) is 0 Å². The smallest absolute Gasteiger partial charge is 0.154 e. The lowest BCUT2D eigenvalue weighted by Crippen LogP contribution is -1.88. The van der Waals surface area contributed by atoms with Crippen LogP contribution in [0.4, 0.5) is 5.69 Å². The van der Waals surface area contributed by atoms with Crippen molar-refractivity contribution in [3.63, 3.8) is 0 Å². The van der Waals surface area contributed by atoms with Gasteiger partial charge in [0.15, 0.2) is 6.29 Å². The zero-order valence-electron chi connectivity index (χ0n) is 13.4. The van der Waals surface area contributed by atoms with Crippen LogP contribution in [0.1, 0.15) is 22.8 Å². The molecule has 0 amide bonds. The SMILES string of the molecule is C=Nc1cccc(-c2ccc3c(C=O)c(O)ccc3c2)c1/C=C\C. The Bertz CT molecular complexity index is 971. The molecule has 0 saturated carbocycles. The van der Waals surface area contributed by atoms with Crippen molar-refractivity contribution in [1.82, 2.24) is 0 Å². The maximum absolute atomic E-state index is 11.2.